The van der Waals surface area contributed by atoms with Gasteiger partial charge in [0, 0.05) is 10.8 Å². The number of aromatic nitrogens is 2. The van der Waals surface area contributed by atoms with Crippen LogP contribution in [0.3, 0.4) is 0 Å². The predicted molar refractivity (Wildman–Crippen MR) is 105 cm³/mol. The number of fused-ring (bicyclic) bond motifs is 3. The van der Waals surface area contributed by atoms with Crippen molar-refractivity contribution in [3.63, 3.8) is 0 Å². The first-order chi connectivity index (χ1) is 13.1. The third-order valence-electron chi connectivity index (χ3n) is 3.98. The van der Waals surface area contributed by atoms with E-state index in [2.05, 4.69) is 10.3 Å². The molecular formula is C19H21N5O4. The summed E-state index contributed by atoms with van der Waals surface area (Å²) in [6, 6.07) is 8.63. The molecule has 0 saturated heterocycles. The fourth-order valence-corrected chi connectivity index (χ4v) is 2.89. The van der Waals surface area contributed by atoms with Crippen molar-refractivity contribution in [1.29, 1.82) is 0 Å². The molecule has 0 atom stereocenters. The van der Waals surface area contributed by atoms with Crippen molar-refractivity contribution in [3.05, 3.63) is 35.9 Å². The van der Waals surface area contributed by atoms with E-state index in [-0.39, 0.29) is 23.6 Å². The first kappa shape index (κ1) is 19.2. The SMILES string of the molecule is CC(C)(C)OC(=O)NCC(=O)n1c2ccccc2c2cc(C(N)=O)c(N)nc21. The van der Waals surface area contributed by atoms with E-state index in [4.69, 9.17) is 16.2 Å². The van der Waals surface area contributed by atoms with Crippen molar-refractivity contribution < 1.29 is 19.1 Å². The molecule has 2 heterocycles. The zero-order chi connectivity index (χ0) is 20.6. The van der Waals surface area contributed by atoms with E-state index in [1.54, 1.807) is 45.0 Å². The fourth-order valence-electron chi connectivity index (χ4n) is 2.89. The number of rotatable bonds is 3. The molecule has 0 aliphatic rings. The smallest absolute Gasteiger partial charge is 0.408 e. The van der Waals surface area contributed by atoms with Crippen LogP contribution >= 0.6 is 0 Å². The second-order valence-electron chi connectivity index (χ2n) is 7.26. The number of amides is 2. The number of alkyl carbamates (subject to hydrolysis) is 1. The van der Waals surface area contributed by atoms with E-state index in [0.717, 1.165) is 0 Å². The summed E-state index contributed by atoms with van der Waals surface area (Å²) in [7, 11) is 0. The van der Waals surface area contributed by atoms with E-state index in [0.29, 0.717) is 16.3 Å². The molecule has 0 bridgehead atoms. The maximum absolute atomic E-state index is 12.9. The highest BCUT2D eigenvalue weighted by molar-refractivity contribution is 6.15. The summed E-state index contributed by atoms with van der Waals surface area (Å²) in [6.07, 6.45) is -0.704. The normalized spacial score (nSPS) is 11.5. The van der Waals surface area contributed by atoms with Gasteiger partial charge in [-0.25, -0.2) is 9.78 Å². The Labute approximate surface area is 160 Å². The molecule has 0 radical (unpaired) electrons. The van der Waals surface area contributed by atoms with Gasteiger partial charge in [0.05, 0.1) is 11.1 Å². The number of anilines is 1. The summed E-state index contributed by atoms with van der Waals surface area (Å²) < 4.78 is 6.49. The first-order valence-electron chi connectivity index (χ1n) is 8.58. The van der Waals surface area contributed by atoms with Crippen molar-refractivity contribution in [1.82, 2.24) is 14.9 Å². The lowest BCUT2D eigenvalue weighted by Crippen LogP contribution is -2.36. The van der Waals surface area contributed by atoms with Crippen LogP contribution < -0.4 is 16.8 Å². The van der Waals surface area contributed by atoms with Crippen LogP contribution in [0.2, 0.25) is 0 Å². The molecule has 1 aromatic carbocycles. The number of carbonyl (C=O) groups excluding carboxylic acids is 3. The Hall–Kier alpha value is -3.62. The Balaban J connectivity index is 2.04. The Bertz CT molecular complexity index is 1110. The highest BCUT2D eigenvalue weighted by Crippen LogP contribution is 2.30. The third-order valence-corrected chi connectivity index (χ3v) is 3.98. The molecule has 9 nitrogen and oxygen atoms in total. The van der Waals surface area contributed by atoms with Crippen LogP contribution in [0, 0.1) is 0 Å². The minimum absolute atomic E-state index is 0.0723. The molecule has 9 heteroatoms. The van der Waals surface area contributed by atoms with Crippen LogP contribution in [0.4, 0.5) is 10.6 Å². The number of nitrogen functional groups attached to an aromatic ring is 1. The molecule has 0 fully saturated rings. The predicted octanol–water partition coefficient (Wildman–Crippen LogP) is 2.04. The summed E-state index contributed by atoms with van der Waals surface area (Å²) >= 11 is 0. The van der Waals surface area contributed by atoms with Gasteiger partial charge in [0.15, 0.2) is 0 Å². The molecule has 2 aromatic heterocycles. The van der Waals surface area contributed by atoms with Gasteiger partial charge in [0.25, 0.3) is 11.8 Å². The van der Waals surface area contributed by atoms with E-state index >= 15 is 0 Å². The molecule has 0 aliphatic heterocycles. The minimum Gasteiger partial charge on any atom is -0.444 e. The van der Waals surface area contributed by atoms with Gasteiger partial charge in [-0.05, 0) is 32.9 Å². The average molecular weight is 383 g/mol. The lowest BCUT2D eigenvalue weighted by atomic mass is 10.1. The molecule has 3 aromatic rings. The zero-order valence-corrected chi connectivity index (χ0v) is 15.8. The Kier molecular flexibility index (Phi) is 4.68. The van der Waals surface area contributed by atoms with Crippen molar-refractivity contribution in [2.24, 2.45) is 5.73 Å². The topological polar surface area (TPSA) is 142 Å². The first-order valence-corrected chi connectivity index (χ1v) is 8.58. The van der Waals surface area contributed by atoms with Crippen molar-refractivity contribution in [2.45, 2.75) is 26.4 Å². The van der Waals surface area contributed by atoms with Crippen LogP contribution in [0.5, 0.6) is 0 Å². The number of nitrogens with two attached hydrogens (primary N) is 2. The van der Waals surface area contributed by atoms with Gasteiger partial charge in [-0.1, -0.05) is 18.2 Å². The standard InChI is InChI=1S/C19H21N5O4/c1-19(2,3)28-18(27)22-9-14(25)24-13-7-5-4-6-10(13)11-8-12(16(21)26)15(20)23-17(11)24/h4-8H,9H2,1-3H3,(H2,20,23)(H2,21,26)(H,22,27). The van der Waals surface area contributed by atoms with E-state index in [1.807, 2.05) is 0 Å². The maximum Gasteiger partial charge on any atom is 0.408 e. The minimum atomic E-state index is -0.707. The Morgan fingerprint density at radius 3 is 2.50 bits per heavy atom. The molecule has 0 spiro atoms. The highest BCUT2D eigenvalue weighted by Gasteiger charge is 2.22. The number of primary amides is 1. The number of carbonyl (C=O) groups is 3. The number of ether oxygens (including phenoxy) is 1. The number of para-hydroxylation sites is 1. The van der Waals surface area contributed by atoms with Crippen LogP contribution in [-0.2, 0) is 4.74 Å². The van der Waals surface area contributed by atoms with Crippen molar-refractivity contribution >= 4 is 45.7 Å². The molecule has 0 unspecified atom stereocenters. The van der Waals surface area contributed by atoms with Gasteiger partial charge in [-0.15, -0.1) is 0 Å². The summed E-state index contributed by atoms with van der Waals surface area (Å²) in [5.41, 5.74) is 11.4. The molecule has 3 rings (SSSR count). The number of pyridine rings is 1. The van der Waals surface area contributed by atoms with Gasteiger partial charge in [-0.3, -0.25) is 14.2 Å². The molecule has 2 amide bonds. The third kappa shape index (κ3) is 3.59. The lowest BCUT2D eigenvalue weighted by molar-refractivity contribution is 0.0515. The Morgan fingerprint density at radius 1 is 1.18 bits per heavy atom. The van der Waals surface area contributed by atoms with E-state index in [1.165, 1.54) is 10.6 Å². The van der Waals surface area contributed by atoms with Crippen LogP contribution in [0.25, 0.3) is 21.9 Å². The van der Waals surface area contributed by atoms with Crippen LogP contribution in [-0.4, -0.2) is 39.6 Å². The highest BCUT2D eigenvalue weighted by atomic mass is 16.6. The van der Waals surface area contributed by atoms with Gasteiger partial charge < -0.3 is 21.5 Å². The van der Waals surface area contributed by atoms with Crippen molar-refractivity contribution in [3.8, 4) is 0 Å². The lowest BCUT2D eigenvalue weighted by Gasteiger charge is -2.19. The van der Waals surface area contributed by atoms with Gasteiger partial charge in [0.2, 0.25) is 0 Å². The molecule has 146 valence electrons. The zero-order valence-electron chi connectivity index (χ0n) is 15.8. The van der Waals surface area contributed by atoms with Crippen LogP contribution in [0.1, 0.15) is 35.9 Å². The summed E-state index contributed by atoms with van der Waals surface area (Å²) in [5.74, 6) is -1.21. The van der Waals surface area contributed by atoms with E-state index < -0.39 is 23.5 Å². The van der Waals surface area contributed by atoms with Gasteiger partial charge >= 0.3 is 6.09 Å². The average Bonchev–Trinajstić information content (AvgIpc) is 2.90. The number of nitrogens with zero attached hydrogens (tertiary/aromatic N) is 2. The quantitative estimate of drug-likeness (QED) is 0.631. The number of hydrogen-bond donors (Lipinski definition) is 3. The number of benzene rings is 1. The van der Waals surface area contributed by atoms with Crippen molar-refractivity contribution in [2.75, 3.05) is 12.3 Å². The second-order valence-corrected chi connectivity index (χ2v) is 7.26. The fraction of sp³-hybridized carbons (Fsp3) is 0.263. The second kappa shape index (κ2) is 6.84. The Morgan fingerprint density at radius 2 is 1.86 bits per heavy atom. The van der Waals surface area contributed by atoms with Gasteiger partial charge in [0.1, 0.15) is 23.6 Å². The molecule has 5 N–H and O–H groups in total. The van der Waals surface area contributed by atoms with Gasteiger partial charge in [-0.2, -0.15) is 0 Å². The molecule has 0 aliphatic carbocycles. The summed E-state index contributed by atoms with van der Waals surface area (Å²) in [4.78, 5) is 40.5. The molecular weight excluding hydrogens is 362 g/mol. The molecule has 28 heavy (non-hydrogen) atoms. The van der Waals surface area contributed by atoms with Crippen LogP contribution in [0.15, 0.2) is 30.3 Å². The summed E-state index contributed by atoms with van der Waals surface area (Å²) in [5, 5.41) is 3.70. The number of hydrogen-bond acceptors (Lipinski definition) is 6. The number of nitrogens with one attached hydrogen (secondary N) is 1. The monoisotopic (exact) mass is 383 g/mol. The van der Waals surface area contributed by atoms with E-state index in [9.17, 15) is 14.4 Å². The summed E-state index contributed by atoms with van der Waals surface area (Å²) in [6.45, 7) is 4.88. The maximum atomic E-state index is 12.9. The molecule has 0 saturated carbocycles. The largest absolute Gasteiger partial charge is 0.444 e.